The average Bonchev–Trinajstić information content (AvgIpc) is 2.86. The molecule has 3 aromatic heterocycles. The molecule has 0 unspecified atom stereocenters. The molecule has 0 spiro atoms. The summed E-state index contributed by atoms with van der Waals surface area (Å²) in [5, 5.41) is 9.59. The van der Waals surface area contributed by atoms with Crippen molar-refractivity contribution in [2.45, 2.75) is 6.92 Å². The van der Waals surface area contributed by atoms with Crippen LogP contribution in [0.1, 0.15) is 6.92 Å². The largest absolute Gasteiger partial charge is 2.00 e. The van der Waals surface area contributed by atoms with Crippen LogP contribution < -0.4 is 0 Å². The molecule has 0 bridgehead atoms. The monoisotopic (exact) mass is 606 g/mol. The second kappa shape index (κ2) is 15.7. The molecule has 0 atom stereocenters. The second-order valence-corrected chi connectivity index (χ2v) is 6.13. The molecule has 3 heterocycles. The van der Waals surface area contributed by atoms with E-state index in [1.54, 1.807) is 24.7 Å². The second-order valence-electron chi connectivity index (χ2n) is 6.13. The van der Waals surface area contributed by atoms with Crippen LogP contribution in [0.3, 0.4) is 0 Å². The molecule has 2 aromatic carbocycles. The summed E-state index contributed by atoms with van der Waals surface area (Å²) in [7, 11) is 0. The van der Waals surface area contributed by atoms with E-state index < -0.39 is 0 Å². The van der Waals surface area contributed by atoms with Crippen LogP contribution in [0, 0.1) is 36.7 Å². The van der Waals surface area contributed by atoms with Gasteiger partial charge in [-0.15, -0.1) is 35.9 Å². The van der Waals surface area contributed by atoms with Crippen LogP contribution >= 0.6 is 0 Å². The smallest absolute Gasteiger partial charge is 0.345 e. The summed E-state index contributed by atoms with van der Waals surface area (Å²) >= 11 is 0. The molecule has 5 heteroatoms. The number of hydrogen-bond acceptors (Lipinski definition) is 4. The average molecular weight is 605 g/mol. The van der Waals surface area contributed by atoms with E-state index in [1.165, 1.54) is 6.92 Å². The topological polar surface area (TPSA) is 62.5 Å². The molecule has 5 aromatic rings. The van der Waals surface area contributed by atoms with Crippen molar-refractivity contribution in [2.24, 2.45) is 0 Å². The zero-order valence-electron chi connectivity index (χ0n) is 18.2. The maximum atomic E-state index is 7.32. The molecular formula is C28H22N4Os. The summed E-state index contributed by atoms with van der Waals surface area (Å²) in [5.74, 6) is 2.00. The van der Waals surface area contributed by atoms with Crippen LogP contribution in [0.5, 0.6) is 0 Å². The quantitative estimate of drug-likeness (QED) is 0.128. The third-order valence-electron chi connectivity index (χ3n) is 3.99. The minimum atomic E-state index is 0. The van der Waals surface area contributed by atoms with Crippen molar-refractivity contribution in [3.8, 4) is 29.7 Å². The van der Waals surface area contributed by atoms with Crippen molar-refractivity contribution in [3.05, 3.63) is 110 Å². The predicted octanol–water partition coefficient (Wildman–Crippen LogP) is 6.31. The van der Waals surface area contributed by atoms with Crippen LogP contribution in [-0.2, 0) is 19.8 Å². The summed E-state index contributed by atoms with van der Waals surface area (Å²) in [5.41, 5.74) is 3.97. The van der Waals surface area contributed by atoms with Crippen LogP contribution in [-0.4, -0.2) is 15.0 Å². The Morgan fingerprint density at radius 2 is 1.30 bits per heavy atom. The molecule has 5 rings (SSSR count). The summed E-state index contributed by atoms with van der Waals surface area (Å²) in [6, 6.07) is 30.7. The van der Waals surface area contributed by atoms with Crippen molar-refractivity contribution in [3.63, 3.8) is 0 Å². The molecule has 0 fully saturated rings. The summed E-state index contributed by atoms with van der Waals surface area (Å²) < 4.78 is 0. The van der Waals surface area contributed by atoms with E-state index in [9.17, 15) is 0 Å². The van der Waals surface area contributed by atoms with E-state index in [0.29, 0.717) is 0 Å². The zero-order chi connectivity index (χ0) is 23.0. The van der Waals surface area contributed by atoms with Gasteiger partial charge in [0.25, 0.3) is 0 Å². The fourth-order valence-electron chi connectivity index (χ4n) is 2.75. The molecule has 0 saturated carbocycles. The number of nitriles is 1. The van der Waals surface area contributed by atoms with Crippen molar-refractivity contribution < 1.29 is 19.8 Å². The third-order valence-corrected chi connectivity index (χ3v) is 3.99. The molecule has 0 aliphatic rings. The Morgan fingerprint density at radius 3 is 1.76 bits per heavy atom. The number of rotatable bonds is 1. The van der Waals surface area contributed by atoms with E-state index >= 15 is 0 Å². The summed E-state index contributed by atoms with van der Waals surface area (Å²) in [4.78, 5) is 12.9. The van der Waals surface area contributed by atoms with Crippen LogP contribution in [0.25, 0.3) is 33.1 Å². The molecule has 162 valence electrons. The van der Waals surface area contributed by atoms with Gasteiger partial charge in [-0.1, -0.05) is 36.4 Å². The third kappa shape index (κ3) is 8.55. The molecule has 33 heavy (non-hydrogen) atoms. The number of pyridine rings is 3. The van der Waals surface area contributed by atoms with Crippen molar-refractivity contribution in [1.29, 1.82) is 5.26 Å². The molecule has 0 saturated heterocycles. The minimum Gasteiger partial charge on any atom is -0.345 e. The van der Waals surface area contributed by atoms with Crippen molar-refractivity contribution >= 4 is 21.8 Å². The molecule has 0 aliphatic heterocycles. The summed E-state index contributed by atoms with van der Waals surface area (Å²) in [6.07, 6.45) is 9.88. The number of fused-ring (bicyclic) bond motifs is 3. The maximum Gasteiger partial charge on any atom is 2.00 e. The SMILES string of the molecule is C#C[CH2-].CC#N.[Os+2].[c-]1ccccc1-c1ccccn1.c1cnc2c(c1)ccc1cccnc12. The Balaban J connectivity index is 0.000000263. The van der Waals surface area contributed by atoms with Crippen molar-refractivity contribution in [1.82, 2.24) is 15.0 Å². The van der Waals surface area contributed by atoms with Crippen molar-refractivity contribution in [2.75, 3.05) is 0 Å². The van der Waals surface area contributed by atoms with Gasteiger partial charge in [0.1, 0.15) is 0 Å². The number of terminal acetylenes is 1. The number of hydrogen-bond donors (Lipinski definition) is 0. The molecule has 4 nitrogen and oxygen atoms in total. The Kier molecular flexibility index (Phi) is 12.9. The van der Waals surface area contributed by atoms with Crippen LogP contribution in [0.4, 0.5) is 0 Å². The predicted molar refractivity (Wildman–Crippen MR) is 131 cm³/mol. The van der Waals surface area contributed by atoms with Gasteiger partial charge in [-0.05, 0) is 23.9 Å². The first-order valence-electron chi connectivity index (χ1n) is 9.75. The Bertz CT molecular complexity index is 1200. The van der Waals surface area contributed by atoms with Gasteiger partial charge in [0, 0.05) is 36.3 Å². The molecule has 0 aliphatic carbocycles. The Labute approximate surface area is 208 Å². The standard InChI is InChI=1S/C12H8N2.C11H8N.C3H3.C2H3N.Os/c1-3-9-5-6-10-4-2-8-14-12(10)11(9)13-7-1;1-2-6-10(7-3-1)11-8-4-5-9-12-11;1-3-2;1-2-3;/h1-8H;1-6,8-9H;1H,2H2;1H3;/q;2*-1;;+2. The molecule has 0 N–H and O–H groups in total. The van der Waals surface area contributed by atoms with E-state index in [-0.39, 0.29) is 19.8 Å². The number of benzene rings is 2. The fraction of sp³-hybridized carbons (Fsp3) is 0.0357. The molecular weight excluding hydrogens is 583 g/mol. The fourth-order valence-corrected chi connectivity index (χ4v) is 2.75. The number of nitrogens with zero attached hydrogens (tertiary/aromatic N) is 4. The molecule has 0 amide bonds. The normalized spacial score (nSPS) is 8.58. The van der Waals surface area contributed by atoms with Gasteiger partial charge in [-0.25, -0.2) is 0 Å². The minimum absolute atomic E-state index is 0. The van der Waals surface area contributed by atoms with Gasteiger partial charge in [0.15, 0.2) is 0 Å². The van der Waals surface area contributed by atoms with Gasteiger partial charge in [-0.3, -0.25) is 9.97 Å². The Hall–Kier alpha value is -4.03. The zero-order valence-corrected chi connectivity index (χ0v) is 20.7. The van der Waals surface area contributed by atoms with Crippen LogP contribution in [0.2, 0.25) is 0 Å². The van der Waals surface area contributed by atoms with Crippen LogP contribution in [0.15, 0.2) is 97.5 Å². The maximum absolute atomic E-state index is 7.32. The summed E-state index contributed by atoms with van der Waals surface area (Å²) in [6.45, 7) is 4.44. The van der Waals surface area contributed by atoms with E-state index in [2.05, 4.69) is 58.6 Å². The van der Waals surface area contributed by atoms with Gasteiger partial charge < -0.3 is 17.3 Å². The molecule has 0 radical (unpaired) electrons. The Morgan fingerprint density at radius 1 is 0.788 bits per heavy atom. The van der Waals surface area contributed by atoms with E-state index in [0.717, 1.165) is 33.1 Å². The van der Waals surface area contributed by atoms with Gasteiger partial charge in [0.05, 0.1) is 17.1 Å². The van der Waals surface area contributed by atoms with Gasteiger partial charge in [0.2, 0.25) is 0 Å². The number of aromatic nitrogens is 3. The first-order valence-corrected chi connectivity index (χ1v) is 9.75. The van der Waals surface area contributed by atoms with Gasteiger partial charge in [-0.2, -0.15) is 12.2 Å². The van der Waals surface area contributed by atoms with Gasteiger partial charge >= 0.3 is 19.8 Å². The van der Waals surface area contributed by atoms with E-state index in [4.69, 9.17) is 5.26 Å². The van der Waals surface area contributed by atoms with E-state index in [1.807, 2.05) is 60.5 Å². The first-order chi connectivity index (χ1) is 15.7. The first kappa shape index (κ1) is 27.0.